The van der Waals surface area contributed by atoms with E-state index in [-0.39, 0.29) is 108 Å². The molecule has 0 radical (unpaired) electrons. The van der Waals surface area contributed by atoms with Crippen molar-refractivity contribution in [2.45, 2.75) is 202 Å². The predicted molar refractivity (Wildman–Crippen MR) is 524 cm³/mol. The topological polar surface area (TPSA) is 388 Å². The number of aliphatic imine (C=N–C) groups is 1. The molecule has 6 aromatic carbocycles. The number of hydrogen-bond acceptors (Lipinski definition) is 25. The molecule has 0 spiro atoms. The van der Waals surface area contributed by atoms with Crippen molar-refractivity contribution >= 4 is 78.4 Å². The molecule has 15 rings (SSSR count). The molecule has 140 heavy (non-hydrogen) atoms. The maximum atomic E-state index is 13.1. The van der Waals surface area contributed by atoms with Crippen LogP contribution in [0.25, 0.3) is 39.8 Å². The first-order valence-corrected chi connectivity index (χ1v) is 48.5. The third kappa shape index (κ3) is 33.8. The average Bonchev–Trinajstić information content (AvgIpc) is 1.61. The van der Waals surface area contributed by atoms with Crippen LogP contribution < -0.4 is 49.7 Å². The van der Waals surface area contributed by atoms with Crippen molar-refractivity contribution < 1.29 is 125 Å². The fourth-order valence-electron chi connectivity index (χ4n) is 16.9. The Morgan fingerprint density at radius 2 is 1.05 bits per heavy atom. The van der Waals surface area contributed by atoms with E-state index in [2.05, 4.69) is 110 Å². The standard InChI is InChI=1S/C30H36N4O5.C24H25N5O2.C16H18N4O.C14H26NO6P.C8H7NO.C8H19N.C2HF3O2.Na.H/c1-30(2,3)39-29(36)33-16-14-22(15-17-33)27(35)13-11-21-8-6-7-9-25(21)26-20-34(32-31-26)19-23-10-12-24(37-4)18-28(23)38-5;1-16-6-8-18(9-7-16)26-24(31)28-12-10-17(11-13-28)23(30)14-21-19-4-2-3-5-20(19)22-15-25-27-29(21)22;21-16(11-5-7-17-8-6-11)9-14-12-3-1-2-4-13(12)15-10-18-19-20(14)15;1-14(2,3)21-13(17)15-8-6-11(7-9-15)12(16)10-22(18,19-4)20-5;1-7-2-4-8(5-3-7)9-6-10;1-6-9(7(2)3)8(4)5;3-2(4,5)1(6)7;;/h6-13,18,20,22H,14-17,19H2,1-5H3;2-9,15,17,21H,10-14H2,1H3,(H,26,31);1-4,10-11,14,17H,5-9H2;11H,6-10H2,1-5H3;2-5H,1H3;7-8H,6H2,1-5H3;(H,6,7);;/q;;;;;;;+1;-1/b13-11+;;;;;;;;. The third-order valence-electron chi connectivity index (χ3n) is 24.3. The van der Waals surface area contributed by atoms with Crippen molar-refractivity contribution in [3.63, 3.8) is 0 Å². The van der Waals surface area contributed by atoms with Gasteiger partial charge in [-0.05, 0) is 213 Å². The van der Waals surface area contributed by atoms with E-state index in [1.807, 2.05) is 180 Å². The van der Waals surface area contributed by atoms with E-state index in [1.54, 1.807) is 64.2 Å². The molecule has 0 aliphatic carbocycles. The quantitative estimate of drug-likeness (QED) is 0.0166. The maximum absolute atomic E-state index is 13.1. The minimum Gasteiger partial charge on any atom is -1.00 e. The second kappa shape index (κ2) is 53.8. The number of rotatable bonds is 24. The van der Waals surface area contributed by atoms with E-state index in [0.29, 0.717) is 132 Å². The molecule has 9 aromatic rings. The number of fused-ring (bicyclic) bond motifs is 6. The molecule has 3 N–H and O–H groups in total. The molecule has 6 aliphatic heterocycles. The number of anilines is 1. The molecule has 4 saturated heterocycles. The number of nitrogens with zero attached hydrogens (tertiary/aromatic N) is 14. The molecular formula is C102H133F3N16NaO17P. The van der Waals surface area contributed by atoms with Gasteiger partial charge >= 0.3 is 67.5 Å². The Hall–Kier alpha value is -11.7. The number of halogens is 3. The first kappa shape index (κ1) is 114. The Morgan fingerprint density at radius 3 is 1.49 bits per heavy atom. The summed E-state index contributed by atoms with van der Waals surface area (Å²) in [5.74, 6) is -0.975. The van der Waals surface area contributed by atoms with Gasteiger partial charge in [-0.1, -0.05) is 137 Å². The number of hydrogen-bond donors (Lipinski definition) is 3. The maximum Gasteiger partial charge on any atom is 1.00 e. The fourth-order valence-corrected chi connectivity index (χ4v) is 17.9. The normalized spacial score (nSPS) is 15.8. The number of aliphatic carboxylic acids is 1. The van der Waals surface area contributed by atoms with Crippen molar-refractivity contribution in [2.24, 2.45) is 28.7 Å². The number of aromatic nitrogens is 9. The molecule has 4 amide bonds. The number of allylic oxidation sites excluding steroid dienone is 1. The molecule has 9 heterocycles. The number of urea groups is 1. The Kier molecular flexibility index (Phi) is 43.6. The van der Waals surface area contributed by atoms with Crippen molar-refractivity contribution in [3.05, 3.63) is 198 Å². The molecule has 6 aliphatic rings. The molecule has 38 heteroatoms. The van der Waals surface area contributed by atoms with Gasteiger partial charge in [0.15, 0.2) is 5.78 Å². The average molecular weight is 1970 g/mol. The number of ketones is 4. The number of likely N-dealkylation sites (tertiary alicyclic amines) is 3. The zero-order valence-electron chi connectivity index (χ0n) is 84.5. The smallest absolute Gasteiger partial charge is 1.00 e. The van der Waals surface area contributed by atoms with Crippen LogP contribution in [-0.2, 0) is 58.4 Å². The minimum absolute atomic E-state index is 0. The number of ether oxygens (including phenoxy) is 4. The molecule has 750 valence electrons. The molecule has 4 fully saturated rings. The summed E-state index contributed by atoms with van der Waals surface area (Å²) in [5.41, 5.74) is 12.7. The first-order chi connectivity index (χ1) is 66.1. The molecule has 2 unspecified atom stereocenters. The number of amides is 4. The zero-order valence-corrected chi connectivity index (χ0v) is 86.3. The number of piperidine rings is 4. The van der Waals surface area contributed by atoms with Crippen LogP contribution in [0.4, 0.5) is 38.9 Å². The monoisotopic (exact) mass is 1960 g/mol. The van der Waals surface area contributed by atoms with Gasteiger partial charge in [0.05, 0.1) is 68.5 Å². The van der Waals surface area contributed by atoms with Crippen LogP contribution in [0, 0.1) is 37.5 Å². The van der Waals surface area contributed by atoms with E-state index < -0.39 is 30.9 Å². The number of methoxy groups -OCH3 is 2. The number of carboxylic acids is 1. The van der Waals surface area contributed by atoms with Crippen molar-refractivity contribution in [1.29, 1.82) is 0 Å². The van der Waals surface area contributed by atoms with E-state index in [0.717, 1.165) is 99.8 Å². The van der Waals surface area contributed by atoms with Crippen LogP contribution in [0.5, 0.6) is 11.5 Å². The number of carbonyl (C=O) groups excluding carboxylic acids is 8. The summed E-state index contributed by atoms with van der Waals surface area (Å²) in [7, 11) is 2.45. The van der Waals surface area contributed by atoms with E-state index in [4.69, 9.17) is 37.9 Å². The van der Waals surface area contributed by atoms with E-state index in [9.17, 15) is 56.1 Å². The SMILES string of the molecule is CCN(C(C)C)C(C)C.COP(=O)(CC(=O)C1CCN(C(=O)OC(C)(C)C)CC1)OC.COc1ccc(Cn2cc(-c3ccccc3/C=C/C(=O)C3CCN(C(=O)OC(C)(C)C)CC3)nn2)c(OC)c1.Cc1ccc(N=C=O)cc1.Cc1ccc(NC(=O)N2CCC(C(=O)CC3c4ccccc4-c4cnnn43)CC2)cc1.O=C(CC1c2ccccc2-c2cnnn21)C1CCNCC1.O=C(O)C(F)(F)F.[H-].[Na+]. The van der Waals surface area contributed by atoms with E-state index in [1.165, 1.54) is 25.9 Å². The Labute approximate surface area is 840 Å². The number of Topliss-reactive ketones (excluding diaryl/α,β-unsaturated/α-hetero) is 3. The summed E-state index contributed by atoms with van der Waals surface area (Å²) in [6.45, 7) is 32.8. The van der Waals surface area contributed by atoms with Gasteiger partial charge in [-0.3, -0.25) is 28.6 Å². The van der Waals surface area contributed by atoms with Crippen LogP contribution in [0.2, 0.25) is 0 Å². The molecule has 2 atom stereocenters. The van der Waals surface area contributed by atoms with Gasteiger partial charge in [0.1, 0.15) is 51.9 Å². The minimum atomic E-state index is -5.08. The summed E-state index contributed by atoms with van der Waals surface area (Å²) < 4.78 is 80.4. The zero-order chi connectivity index (χ0) is 101. The summed E-state index contributed by atoms with van der Waals surface area (Å²) >= 11 is 0. The summed E-state index contributed by atoms with van der Waals surface area (Å²) in [6, 6.07) is 46.1. The molecule has 3 aromatic heterocycles. The molecule has 33 nitrogen and oxygen atoms in total. The molecular weight excluding hydrogens is 1830 g/mol. The van der Waals surface area contributed by atoms with Gasteiger partial charge in [-0.15, -0.1) is 15.3 Å². The molecule has 0 saturated carbocycles. The van der Waals surface area contributed by atoms with Crippen LogP contribution in [0.15, 0.2) is 169 Å². The van der Waals surface area contributed by atoms with Crippen molar-refractivity contribution in [2.75, 3.05) is 98.8 Å². The van der Waals surface area contributed by atoms with Gasteiger partial charge in [-0.2, -0.15) is 18.2 Å². The van der Waals surface area contributed by atoms with Gasteiger partial charge in [0, 0.05) is 136 Å². The van der Waals surface area contributed by atoms with Crippen molar-refractivity contribution in [3.8, 4) is 45.3 Å². The fraction of sp³-hybridized carbons (Fsp3) is 0.480. The largest absolute Gasteiger partial charge is 1.00 e. The number of isocyanates is 1. The van der Waals surface area contributed by atoms with Gasteiger partial charge in [-0.25, -0.2) is 38.0 Å². The van der Waals surface area contributed by atoms with Crippen LogP contribution in [-0.4, -0.2) is 246 Å². The Balaban J connectivity index is 0.000000238. The van der Waals surface area contributed by atoms with Gasteiger partial charge in [0.2, 0.25) is 6.08 Å². The second-order valence-corrected chi connectivity index (χ2v) is 39.3. The number of carbonyl (C=O) groups is 8. The van der Waals surface area contributed by atoms with Crippen molar-refractivity contribution in [1.82, 2.24) is 69.9 Å². The second-order valence-electron chi connectivity index (χ2n) is 37.0. The summed E-state index contributed by atoms with van der Waals surface area (Å²) in [6.07, 6.45) is 10.9. The van der Waals surface area contributed by atoms with Crippen LogP contribution in [0.1, 0.15) is 187 Å². The Morgan fingerprint density at radius 1 is 0.600 bits per heavy atom. The Bertz CT molecular complexity index is 5700. The number of nitrogens with one attached hydrogen (secondary N) is 2. The predicted octanol–water partition coefficient (Wildman–Crippen LogP) is 15.6. The molecule has 0 bridgehead atoms. The van der Waals surface area contributed by atoms with E-state index >= 15 is 0 Å². The summed E-state index contributed by atoms with van der Waals surface area (Å²) in [5, 5.41) is 38.5. The third-order valence-corrected chi connectivity index (χ3v) is 26.1. The van der Waals surface area contributed by atoms with Gasteiger partial charge in [0.25, 0.3) is 0 Å². The summed E-state index contributed by atoms with van der Waals surface area (Å²) in [4.78, 5) is 117. The number of carboxylic acid groups (broad SMARTS) is 1. The number of benzene rings is 6. The van der Waals surface area contributed by atoms with Crippen LogP contribution in [0.3, 0.4) is 0 Å². The first-order valence-electron chi connectivity index (χ1n) is 46.8. The van der Waals surface area contributed by atoms with Crippen LogP contribution >= 0.6 is 7.60 Å². The number of alkyl halides is 3. The van der Waals surface area contributed by atoms with Gasteiger partial charge < -0.3 is 59.9 Å². The number of aryl methyl sites for hydroxylation is 2.